The van der Waals surface area contributed by atoms with Crippen LogP contribution in [0.2, 0.25) is 0 Å². The van der Waals surface area contributed by atoms with Crippen LogP contribution in [0, 0.1) is 0 Å². The minimum absolute atomic E-state index is 0.239. The zero-order valence-electron chi connectivity index (χ0n) is 13.1. The first kappa shape index (κ1) is 17.2. The average Bonchev–Trinajstić information content (AvgIpc) is 2.59. The smallest absolute Gasteiger partial charge is 0.338 e. The molecule has 0 atom stereocenters. The second kappa shape index (κ2) is 9.12. The Labute approximate surface area is 135 Å². The number of carbonyl (C=O) groups excluding carboxylic acids is 2. The molecule has 1 saturated heterocycles. The largest absolute Gasteiger partial charge is 0.460 e. The molecule has 0 radical (unpaired) electrons. The summed E-state index contributed by atoms with van der Waals surface area (Å²) in [5.74, 6) is -0.336. The number of benzene rings is 1. The zero-order valence-corrected chi connectivity index (χ0v) is 13.1. The van der Waals surface area contributed by atoms with E-state index < -0.39 is 0 Å². The predicted octanol–water partition coefficient (Wildman–Crippen LogP) is 0.556. The van der Waals surface area contributed by atoms with Crippen molar-refractivity contribution in [3.63, 3.8) is 0 Å². The zero-order chi connectivity index (χ0) is 16.5. The van der Waals surface area contributed by atoms with Gasteiger partial charge in [-0.2, -0.15) is 0 Å². The fraction of sp³-hybridized carbons (Fsp3) is 0.500. The number of primary amides is 1. The van der Waals surface area contributed by atoms with Crippen LogP contribution in [-0.2, 0) is 9.47 Å². The van der Waals surface area contributed by atoms with Crippen LogP contribution < -0.4 is 5.73 Å². The molecule has 126 valence electrons. The van der Waals surface area contributed by atoms with Crippen molar-refractivity contribution in [2.75, 3.05) is 52.5 Å². The number of urea groups is 1. The highest BCUT2D eigenvalue weighted by Gasteiger charge is 2.18. The molecule has 1 aliphatic heterocycles. The standard InChI is InChI=1S/C16H23N3O4/c17-16(21)19-8-6-18(7-9-19)10-11-22-12-13-23-15(20)14-4-2-1-3-5-14/h1-5H,6-13H2,(H2,17,21). The van der Waals surface area contributed by atoms with Crippen molar-refractivity contribution in [2.24, 2.45) is 5.73 Å². The van der Waals surface area contributed by atoms with Crippen molar-refractivity contribution in [2.45, 2.75) is 0 Å². The van der Waals surface area contributed by atoms with Gasteiger partial charge < -0.3 is 20.1 Å². The van der Waals surface area contributed by atoms with Crippen molar-refractivity contribution in [1.29, 1.82) is 0 Å². The van der Waals surface area contributed by atoms with E-state index in [2.05, 4.69) is 4.90 Å². The van der Waals surface area contributed by atoms with Crippen LogP contribution >= 0.6 is 0 Å². The monoisotopic (exact) mass is 321 g/mol. The molecule has 0 saturated carbocycles. The molecule has 0 unspecified atom stereocenters. The molecule has 0 spiro atoms. The molecule has 7 heteroatoms. The molecule has 0 bridgehead atoms. The molecule has 1 aliphatic rings. The van der Waals surface area contributed by atoms with E-state index >= 15 is 0 Å². The van der Waals surface area contributed by atoms with Gasteiger partial charge in [0.1, 0.15) is 6.61 Å². The van der Waals surface area contributed by atoms with Crippen LogP contribution in [-0.4, -0.2) is 74.3 Å². The highest BCUT2D eigenvalue weighted by Crippen LogP contribution is 2.02. The van der Waals surface area contributed by atoms with E-state index in [1.54, 1.807) is 29.2 Å². The Bertz CT molecular complexity index is 501. The Morgan fingerprint density at radius 2 is 1.70 bits per heavy atom. The third-order valence-corrected chi connectivity index (χ3v) is 3.71. The maximum Gasteiger partial charge on any atom is 0.338 e. The van der Waals surface area contributed by atoms with E-state index in [0.29, 0.717) is 31.9 Å². The average molecular weight is 321 g/mol. The summed E-state index contributed by atoms with van der Waals surface area (Å²) in [6.45, 7) is 4.89. The van der Waals surface area contributed by atoms with Crippen molar-refractivity contribution in [3.8, 4) is 0 Å². The Morgan fingerprint density at radius 1 is 1.00 bits per heavy atom. The predicted molar refractivity (Wildman–Crippen MR) is 85.1 cm³/mol. The minimum Gasteiger partial charge on any atom is -0.460 e. The summed E-state index contributed by atoms with van der Waals surface area (Å²) in [6, 6.07) is 8.52. The van der Waals surface area contributed by atoms with Crippen molar-refractivity contribution < 1.29 is 19.1 Å². The van der Waals surface area contributed by atoms with Gasteiger partial charge in [-0.25, -0.2) is 9.59 Å². The van der Waals surface area contributed by atoms with Gasteiger partial charge in [0.15, 0.2) is 0 Å². The summed E-state index contributed by atoms with van der Waals surface area (Å²) in [7, 11) is 0. The first-order chi connectivity index (χ1) is 11.2. The molecule has 1 fully saturated rings. The van der Waals surface area contributed by atoms with Crippen molar-refractivity contribution in [1.82, 2.24) is 9.80 Å². The number of rotatable bonds is 7. The number of amides is 2. The second-order valence-corrected chi connectivity index (χ2v) is 5.28. The number of carbonyl (C=O) groups is 2. The molecule has 0 aromatic heterocycles. The summed E-state index contributed by atoms with van der Waals surface area (Å²) in [6.07, 6.45) is 0. The molecule has 2 rings (SSSR count). The molecule has 0 aliphatic carbocycles. The van der Waals surface area contributed by atoms with Gasteiger partial charge in [-0.15, -0.1) is 0 Å². The lowest BCUT2D eigenvalue weighted by atomic mass is 10.2. The summed E-state index contributed by atoms with van der Waals surface area (Å²) in [5, 5.41) is 0. The fourth-order valence-electron chi connectivity index (χ4n) is 2.34. The number of piperazine rings is 1. The van der Waals surface area contributed by atoms with E-state index in [0.717, 1.165) is 19.6 Å². The lowest BCUT2D eigenvalue weighted by molar-refractivity contribution is 0.0262. The number of esters is 1. The number of hydrogen-bond acceptors (Lipinski definition) is 5. The van der Waals surface area contributed by atoms with Gasteiger partial charge in [-0.05, 0) is 12.1 Å². The van der Waals surface area contributed by atoms with Crippen LogP contribution in [0.25, 0.3) is 0 Å². The molecule has 1 heterocycles. The molecule has 2 amide bonds. The number of ether oxygens (including phenoxy) is 2. The van der Waals surface area contributed by atoms with E-state index in [1.165, 1.54) is 0 Å². The Kier molecular flexibility index (Phi) is 6.83. The molecular weight excluding hydrogens is 298 g/mol. The summed E-state index contributed by atoms with van der Waals surface area (Å²) >= 11 is 0. The highest BCUT2D eigenvalue weighted by molar-refractivity contribution is 5.89. The SMILES string of the molecule is NC(=O)N1CCN(CCOCCOC(=O)c2ccccc2)CC1. The highest BCUT2D eigenvalue weighted by atomic mass is 16.6. The maximum atomic E-state index is 11.7. The van der Waals surface area contributed by atoms with Gasteiger partial charge in [0, 0.05) is 32.7 Å². The van der Waals surface area contributed by atoms with Gasteiger partial charge in [0.2, 0.25) is 0 Å². The molecule has 23 heavy (non-hydrogen) atoms. The molecule has 1 aromatic carbocycles. The van der Waals surface area contributed by atoms with E-state index in [1.807, 2.05) is 6.07 Å². The normalized spacial score (nSPS) is 15.4. The lowest BCUT2D eigenvalue weighted by Crippen LogP contribution is -2.51. The van der Waals surface area contributed by atoms with Gasteiger partial charge >= 0.3 is 12.0 Å². The van der Waals surface area contributed by atoms with Gasteiger partial charge in [0.25, 0.3) is 0 Å². The van der Waals surface area contributed by atoms with Crippen molar-refractivity contribution >= 4 is 12.0 Å². The quantitative estimate of drug-likeness (QED) is 0.586. The summed E-state index contributed by atoms with van der Waals surface area (Å²) in [5.41, 5.74) is 5.78. The second-order valence-electron chi connectivity index (χ2n) is 5.28. The van der Waals surface area contributed by atoms with Gasteiger partial charge in [-0.1, -0.05) is 18.2 Å². The fourth-order valence-corrected chi connectivity index (χ4v) is 2.34. The molecule has 1 aromatic rings. The Morgan fingerprint density at radius 3 is 2.35 bits per heavy atom. The number of nitrogens with zero attached hydrogens (tertiary/aromatic N) is 2. The summed E-state index contributed by atoms with van der Waals surface area (Å²) < 4.78 is 10.6. The molecular formula is C16H23N3O4. The van der Waals surface area contributed by atoms with Crippen LogP contribution in [0.3, 0.4) is 0 Å². The van der Waals surface area contributed by atoms with Gasteiger partial charge in [0.05, 0.1) is 18.8 Å². The molecule has 2 N–H and O–H groups in total. The van der Waals surface area contributed by atoms with Crippen molar-refractivity contribution in [3.05, 3.63) is 35.9 Å². The van der Waals surface area contributed by atoms with Gasteiger partial charge in [-0.3, -0.25) is 4.90 Å². The maximum absolute atomic E-state index is 11.7. The van der Waals surface area contributed by atoms with E-state index in [4.69, 9.17) is 15.2 Å². The first-order valence-electron chi connectivity index (χ1n) is 7.73. The van der Waals surface area contributed by atoms with E-state index in [-0.39, 0.29) is 18.6 Å². The van der Waals surface area contributed by atoms with Crippen LogP contribution in [0.4, 0.5) is 4.79 Å². The Hall–Kier alpha value is -2.12. The molecule has 7 nitrogen and oxygen atoms in total. The third-order valence-electron chi connectivity index (χ3n) is 3.71. The minimum atomic E-state index is -0.360. The van der Waals surface area contributed by atoms with Crippen LogP contribution in [0.1, 0.15) is 10.4 Å². The topological polar surface area (TPSA) is 85.1 Å². The third kappa shape index (κ3) is 5.88. The number of nitrogens with two attached hydrogens (primary N) is 1. The summed E-state index contributed by atoms with van der Waals surface area (Å²) in [4.78, 5) is 26.6. The van der Waals surface area contributed by atoms with Crippen LogP contribution in [0.15, 0.2) is 30.3 Å². The first-order valence-corrected chi connectivity index (χ1v) is 7.73. The van der Waals surface area contributed by atoms with E-state index in [9.17, 15) is 9.59 Å². The Balaban J connectivity index is 1.50. The lowest BCUT2D eigenvalue weighted by Gasteiger charge is -2.33. The number of hydrogen-bond donors (Lipinski definition) is 1. The van der Waals surface area contributed by atoms with Crippen LogP contribution in [0.5, 0.6) is 0 Å².